The summed E-state index contributed by atoms with van der Waals surface area (Å²) in [7, 11) is 0. The minimum atomic E-state index is -0.736. The molecule has 1 atom stereocenters. The Labute approximate surface area is 91.6 Å². The number of carbonyl (C=O) groups excluding carboxylic acids is 1. The zero-order chi connectivity index (χ0) is 11.7. The molecule has 4 nitrogen and oxygen atoms in total. The molecule has 0 aliphatic heterocycles. The van der Waals surface area contributed by atoms with Crippen molar-refractivity contribution < 1.29 is 9.18 Å². The van der Waals surface area contributed by atoms with Gasteiger partial charge in [-0.1, -0.05) is 0 Å². The zero-order valence-electron chi connectivity index (χ0n) is 8.56. The van der Waals surface area contributed by atoms with E-state index in [4.69, 9.17) is 11.5 Å². The van der Waals surface area contributed by atoms with Gasteiger partial charge in [0, 0.05) is 23.6 Å². The fraction of sp³-hybridized carbons (Fsp3) is 0.182. The molecule has 4 N–H and O–H groups in total. The SMILES string of the molecule is NC(=O)C(N)Cn1ccc2cc(F)ccc21. The largest absolute Gasteiger partial charge is 0.368 e. The maximum absolute atomic E-state index is 12.9. The minimum Gasteiger partial charge on any atom is -0.368 e. The predicted molar refractivity (Wildman–Crippen MR) is 59.1 cm³/mol. The molecule has 1 unspecified atom stereocenters. The third-order valence-electron chi connectivity index (χ3n) is 2.49. The first-order valence-electron chi connectivity index (χ1n) is 4.87. The van der Waals surface area contributed by atoms with E-state index in [0.717, 1.165) is 10.9 Å². The summed E-state index contributed by atoms with van der Waals surface area (Å²) in [6.45, 7) is 0.296. The number of hydrogen-bond acceptors (Lipinski definition) is 2. The number of benzene rings is 1. The van der Waals surface area contributed by atoms with Crippen LogP contribution in [-0.2, 0) is 11.3 Å². The quantitative estimate of drug-likeness (QED) is 0.796. The van der Waals surface area contributed by atoms with E-state index in [-0.39, 0.29) is 5.82 Å². The van der Waals surface area contributed by atoms with Crippen LogP contribution in [0.4, 0.5) is 4.39 Å². The highest BCUT2D eigenvalue weighted by molar-refractivity contribution is 5.82. The van der Waals surface area contributed by atoms with E-state index in [1.807, 2.05) is 0 Å². The van der Waals surface area contributed by atoms with Gasteiger partial charge < -0.3 is 16.0 Å². The molecule has 84 valence electrons. The van der Waals surface area contributed by atoms with Gasteiger partial charge in [-0.05, 0) is 24.3 Å². The first kappa shape index (κ1) is 10.6. The lowest BCUT2D eigenvalue weighted by molar-refractivity contribution is -0.119. The van der Waals surface area contributed by atoms with E-state index in [1.54, 1.807) is 22.9 Å². The highest BCUT2D eigenvalue weighted by Gasteiger charge is 2.11. The molecule has 0 radical (unpaired) electrons. The van der Waals surface area contributed by atoms with Gasteiger partial charge in [-0.25, -0.2) is 4.39 Å². The summed E-state index contributed by atoms with van der Waals surface area (Å²) in [4.78, 5) is 10.8. The molecule has 0 spiro atoms. The van der Waals surface area contributed by atoms with Crippen molar-refractivity contribution in [3.05, 3.63) is 36.3 Å². The monoisotopic (exact) mass is 221 g/mol. The third kappa shape index (κ3) is 1.90. The lowest BCUT2D eigenvalue weighted by Crippen LogP contribution is -2.39. The fourth-order valence-electron chi connectivity index (χ4n) is 1.63. The maximum atomic E-state index is 12.9. The van der Waals surface area contributed by atoms with Gasteiger partial charge in [-0.15, -0.1) is 0 Å². The zero-order valence-corrected chi connectivity index (χ0v) is 8.56. The van der Waals surface area contributed by atoms with Gasteiger partial charge in [-0.3, -0.25) is 4.79 Å². The molecular formula is C11H12FN3O. The molecule has 1 aromatic heterocycles. The van der Waals surface area contributed by atoms with E-state index >= 15 is 0 Å². The summed E-state index contributed by atoms with van der Waals surface area (Å²) in [5.74, 6) is -0.839. The molecule has 0 fully saturated rings. The summed E-state index contributed by atoms with van der Waals surface area (Å²) < 4.78 is 14.7. The van der Waals surface area contributed by atoms with E-state index in [9.17, 15) is 9.18 Å². The van der Waals surface area contributed by atoms with Crippen LogP contribution < -0.4 is 11.5 Å². The lowest BCUT2D eigenvalue weighted by atomic mass is 10.2. The second-order valence-electron chi connectivity index (χ2n) is 3.68. The van der Waals surface area contributed by atoms with Crippen LogP contribution in [-0.4, -0.2) is 16.5 Å². The maximum Gasteiger partial charge on any atom is 0.236 e. The molecule has 2 rings (SSSR count). The van der Waals surface area contributed by atoms with Crippen molar-refractivity contribution in [1.82, 2.24) is 4.57 Å². The Balaban J connectivity index is 2.35. The fourth-order valence-corrected chi connectivity index (χ4v) is 1.63. The van der Waals surface area contributed by atoms with Crippen molar-refractivity contribution in [2.75, 3.05) is 0 Å². The Morgan fingerprint density at radius 2 is 2.19 bits per heavy atom. The number of aromatic nitrogens is 1. The number of fused-ring (bicyclic) bond motifs is 1. The van der Waals surface area contributed by atoms with Gasteiger partial charge in [0.25, 0.3) is 0 Å². The summed E-state index contributed by atoms with van der Waals surface area (Å²) in [5.41, 5.74) is 11.5. The second-order valence-corrected chi connectivity index (χ2v) is 3.68. The van der Waals surface area contributed by atoms with Crippen molar-refractivity contribution in [1.29, 1.82) is 0 Å². The summed E-state index contributed by atoms with van der Waals surface area (Å²) in [6.07, 6.45) is 1.76. The Kier molecular flexibility index (Phi) is 2.62. The lowest BCUT2D eigenvalue weighted by Gasteiger charge is -2.09. The normalized spacial score (nSPS) is 12.9. The third-order valence-corrected chi connectivity index (χ3v) is 2.49. The molecule has 1 aromatic carbocycles. The Morgan fingerprint density at radius 3 is 2.88 bits per heavy atom. The number of primary amides is 1. The van der Waals surface area contributed by atoms with Crippen LogP contribution in [0.15, 0.2) is 30.5 Å². The highest BCUT2D eigenvalue weighted by Crippen LogP contribution is 2.17. The van der Waals surface area contributed by atoms with Crippen LogP contribution in [0.1, 0.15) is 0 Å². The topological polar surface area (TPSA) is 74.0 Å². The number of nitrogens with zero attached hydrogens (tertiary/aromatic N) is 1. The van der Waals surface area contributed by atoms with Crippen molar-refractivity contribution in [2.45, 2.75) is 12.6 Å². The summed E-state index contributed by atoms with van der Waals surface area (Å²) in [5, 5.41) is 0.775. The smallest absolute Gasteiger partial charge is 0.236 e. The molecule has 0 aliphatic rings. The Morgan fingerprint density at radius 1 is 1.44 bits per heavy atom. The molecule has 0 saturated heterocycles. The van der Waals surface area contributed by atoms with Crippen LogP contribution >= 0.6 is 0 Å². The van der Waals surface area contributed by atoms with Gasteiger partial charge in [-0.2, -0.15) is 0 Å². The van der Waals surface area contributed by atoms with E-state index in [0.29, 0.717) is 6.54 Å². The van der Waals surface area contributed by atoms with Crippen molar-refractivity contribution in [3.63, 3.8) is 0 Å². The number of amides is 1. The molecule has 16 heavy (non-hydrogen) atoms. The first-order chi connectivity index (χ1) is 7.58. The standard InChI is InChI=1S/C11H12FN3O/c12-8-1-2-10-7(5-8)3-4-15(10)6-9(13)11(14)16/h1-5,9H,6,13H2,(H2,14,16). The van der Waals surface area contributed by atoms with E-state index in [1.165, 1.54) is 12.1 Å². The van der Waals surface area contributed by atoms with Gasteiger partial charge >= 0.3 is 0 Å². The molecule has 1 amide bonds. The van der Waals surface area contributed by atoms with Crippen molar-refractivity contribution in [2.24, 2.45) is 11.5 Å². The van der Waals surface area contributed by atoms with Crippen molar-refractivity contribution >= 4 is 16.8 Å². The van der Waals surface area contributed by atoms with Gasteiger partial charge in [0.2, 0.25) is 5.91 Å². The molecule has 1 heterocycles. The Bertz CT molecular complexity index is 535. The van der Waals surface area contributed by atoms with E-state index in [2.05, 4.69) is 0 Å². The van der Waals surface area contributed by atoms with Gasteiger partial charge in [0.05, 0.1) is 0 Å². The van der Waals surface area contributed by atoms with Gasteiger partial charge in [0.1, 0.15) is 11.9 Å². The van der Waals surface area contributed by atoms with Gasteiger partial charge in [0.15, 0.2) is 0 Å². The highest BCUT2D eigenvalue weighted by atomic mass is 19.1. The number of nitrogens with two attached hydrogens (primary N) is 2. The average Bonchev–Trinajstić information content (AvgIpc) is 2.60. The molecule has 0 saturated carbocycles. The van der Waals surface area contributed by atoms with Crippen LogP contribution in [0.25, 0.3) is 10.9 Å². The van der Waals surface area contributed by atoms with Crippen LogP contribution in [0.2, 0.25) is 0 Å². The average molecular weight is 221 g/mol. The van der Waals surface area contributed by atoms with Crippen LogP contribution in [0.5, 0.6) is 0 Å². The summed E-state index contributed by atoms with van der Waals surface area (Å²) >= 11 is 0. The number of carbonyl (C=O) groups is 1. The number of rotatable bonds is 3. The molecule has 5 heteroatoms. The molecular weight excluding hydrogens is 209 g/mol. The van der Waals surface area contributed by atoms with Crippen LogP contribution in [0.3, 0.4) is 0 Å². The summed E-state index contributed by atoms with van der Waals surface area (Å²) in [6, 6.07) is 5.49. The number of hydrogen-bond donors (Lipinski definition) is 2. The molecule has 0 bridgehead atoms. The van der Waals surface area contributed by atoms with Crippen LogP contribution in [0, 0.1) is 5.82 Å². The first-order valence-corrected chi connectivity index (χ1v) is 4.87. The number of halogens is 1. The Hall–Kier alpha value is -1.88. The predicted octanol–water partition coefficient (Wildman–Crippen LogP) is 0.593. The molecule has 2 aromatic rings. The van der Waals surface area contributed by atoms with Crippen molar-refractivity contribution in [3.8, 4) is 0 Å². The van der Waals surface area contributed by atoms with E-state index < -0.39 is 11.9 Å². The minimum absolute atomic E-state index is 0.288. The second kappa shape index (κ2) is 3.94. The molecule has 0 aliphatic carbocycles.